The standard InChI is InChI=1S/C23H26N4O6S/c1-31-20-12-18-19(13-21(20)32-2)24-23(25-22(18)28)26-6-5-15-3-4-17(11-16(15)14-26)34(29,30)27-7-9-33-10-8-27/h3-4,11-13H,5-10,14H2,1-2H3,(H,24,25,28). The molecule has 2 aliphatic heterocycles. The summed E-state index contributed by atoms with van der Waals surface area (Å²) in [5.74, 6) is 1.37. The first-order chi connectivity index (χ1) is 16.4. The molecule has 1 saturated heterocycles. The lowest BCUT2D eigenvalue weighted by atomic mass is 10.0. The third-order valence-electron chi connectivity index (χ3n) is 6.30. The van der Waals surface area contributed by atoms with Gasteiger partial charge in [-0.15, -0.1) is 0 Å². The summed E-state index contributed by atoms with van der Waals surface area (Å²) >= 11 is 0. The lowest BCUT2D eigenvalue weighted by molar-refractivity contribution is 0.0730. The molecule has 1 fully saturated rings. The first kappa shape index (κ1) is 22.6. The Kier molecular flexibility index (Phi) is 5.92. The Labute approximate surface area is 197 Å². The van der Waals surface area contributed by atoms with Crippen molar-refractivity contribution in [2.24, 2.45) is 0 Å². The average Bonchev–Trinajstić information content (AvgIpc) is 2.87. The molecule has 10 nitrogen and oxygen atoms in total. The summed E-state index contributed by atoms with van der Waals surface area (Å²) < 4.78 is 43.6. The number of anilines is 1. The number of ether oxygens (including phenoxy) is 3. The molecule has 5 rings (SSSR count). The third kappa shape index (κ3) is 3.99. The van der Waals surface area contributed by atoms with E-state index in [9.17, 15) is 13.2 Å². The second kappa shape index (κ2) is 8.90. The number of fused-ring (bicyclic) bond motifs is 2. The molecule has 180 valence electrons. The van der Waals surface area contributed by atoms with Gasteiger partial charge >= 0.3 is 0 Å². The second-order valence-corrected chi connectivity index (χ2v) is 10.2. The number of H-pyrrole nitrogens is 1. The summed E-state index contributed by atoms with van der Waals surface area (Å²) in [6.07, 6.45) is 0.709. The molecule has 3 heterocycles. The fraction of sp³-hybridized carbons (Fsp3) is 0.391. The molecule has 0 atom stereocenters. The van der Waals surface area contributed by atoms with Crippen LogP contribution in [0.15, 0.2) is 40.0 Å². The van der Waals surface area contributed by atoms with Gasteiger partial charge in [-0.1, -0.05) is 6.07 Å². The van der Waals surface area contributed by atoms with Gasteiger partial charge in [0.15, 0.2) is 11.5 Å². The molecule has 0 bridgehead atoms. The number of rotatable bonds is 5. The lowest BCUT2D eigenvalue weighted by Crippen LogP contribution is -2.40. The van der Waals surface area contributed by atoms with Crippen LogP contribution in [0.4, 0.5) is 5.95 Å². The molecule has 1 N–H and O–H groups in total. The molecule has 11 heteroatoms. The molecule has 0 radical (unpaired) electrons. The Morgan fingerprint density at radius 1 is 1.00 bits per heavy atom. The van der Waals surface area contributed by atoms with Gasteiger partial charge in [0.1, 0.15) is 0 Å². The molecule has 0 saturated carbocycles. The molecule has 0 aliphatic carbocycles. The minimum Gasteiger partial charge on any atom is -0.493 e. The number of methoxy groups -OCH3 is 2. The number of aromatic nitrogens is 2. The zero-order valence-corrected chi connectivity index (χ0v) is 19.9. The van der Waals surface area contributed by atoms with Crippen LogP contribution in [0.5, 0.6) is 11.5 Å². The highest BCUT2D eigenvalue weighted by molar-refractivity contribution is 7.89. The molecule has 0 amide bonds. The Morgan fingerprint density at radius 3 is 2.47 bits per heavy atom. The SMILES string of the molecule is COc1cc2nc(N3CCc4ccc(S(=O)(=O)N5CCOCC5)cc4C3)[nH]c(=O)c2cc1OC. The second-order valence-electron chi connectivity index (χ2n) is 8.23. The fourth-order valence-electron chi connectivity index (χ4n) is 4.41. The van der Waals surface area contributed by atoms with Crippen molar-refractivity contribution in [2.45, 2.75) is 17.9 Å². The summed E-state index contributed by atoms with van der Waals surface area (Å²) in [5, 5.41) is 0.401. The number of aromatic amines is 1. The molecule has 0 spiro atoms. The molecule has 34 heavy (non-hydrogen) atoms. The van der Waals surface area contributed by atoms with E-state index in [1.807, 2.05) is 11.0 Å². The number of morpholine rings is 1. The van der Waals surface area contributed by atoms with E-state index in [0.717, 1.165) is 11.1 Å². The van der Waals surface area contributed by atoms with E-state index in [4.69, 9.17) is 14.2 Å². The quantitative estimate of drug-likeness (QED) is 0.578. The first-order valence-electron chi connectivity index (χ1n) is 11.0. The van der Waals surface area contributed by atoms with Crippen LogP contribution < -0.4 is 19.9 Å². The van der Waals surface area contributed by atoms with Gasteiger partial charge in [0.2, 0.25) is 16.0 Å². The van der Waals surface area contributed by atoms with Crippen molar-refractivity contribution >= 4 is 26.9 Å². The van der Waals surface area contributed by atoms with E-state index in [2.05, 4.69) is 9.97 Å². The number of hydrogen-bond donors (Lipinski definition) is 1. The highest BCUT2D eigenvalue weighted by Gasteiger charge is 2.28. The van der Waals surface area contributed by atoms with Crippen LogP contribution >= 0.6 is 0 Å². The van der Waals surface area contributed by atoms with E-state index in [1.165, 1.54) is 18.5 Å². The summed E-state index contributed by atoms with van der Waals surface area (Å²) in [5.41, 5.74) is 2.20. The van der Waals surface area contributed by atoms with Gasteiger partial charge in [0, 0.05) is 32.2 Å². The predicted octanol–water partition coefficient (Wildman–Crippen LogP) is 1.52. The first-order valence-corrected chi connectivity index (χ1v) is 12.5. The maximum absolute atomic E-state index is 13.1. The molecule has 2 aliphatic rings. The van der Waals surface area contributed by atoms with Gasteiger partial charge in [-0.3, -0.25) is 9.78 Å². The maximum atomic E-state index is 13.1. The van der Waals surface area contributed by atoms with Crippen LogP contribution in [0.25, 0.3) is 10.9 Å². The van der Waals surface area contributed by atoms with Crippen molar-refractivity contribution in [1.82, 2.24) is 14.3 Å². The summed E-state index contributed by atoms with van der Waals surface area (Å²) in [7, 11) is -0.550. The topological polar surface area (TPSA) is 114 Å². The van der Waals surface area contributed by atoms with Gasteiger partial charge in [-0.2, -0.15) is 4.31 Å². The fourth-order valence-corrected chi connectivity index (χ4v) is 5.87. The zero-order valence-electron chi connectivity index (χ0n) is 19.0. The minimum atomic E-state index is -3.59. The number of benzene rings is 2. The van der Waals surface area contributed by atoms with Crippen LogP contribution in [0.2, 0.25) is 0 Å². The highest BCUT2D eigenvalue weighted by atomic mass is 32.2. The van der Waals surface area contributed by atoms with Gasteiger partial charge in [0.25, 0.3) is 5.56 Å². The van der Waals surface area contributed by atoms with E-state index in [1.54, 1.807) is 24.3 Å². The predicted molar refractivity (Wildman–Crippen MR) is 126 cm³/mol. The van der Waals surface area contributed by atoms with Crippen LogP contribution in [0.3, 0.4) is 0 Å². The molecular weight excluding hydrogens is 460 g/mol. The van der Waals surface area contributed by atoms with Crippen molar-refractivity contribution in [3.63, 3.8) is 0 Å². The Bertz CT molecular complexity index is 1400. The van der Waals surface area contributed by atoms with Gasteiger partial charge in [-0.25, -0.2) is 13.4 Å². The molecule has 2 aromatic carbocycles. The molecule has 1 aromatic heterocycles. The van der Waals surface area contributed by atoms with E-state index in [-0.39, 0.29) is 10.5 Å². The zero-order chi connectivity index (χ0) is 23.9. The summed E-state index contributed by atoms with van der Waals surface area (Å²) in [6, 6.07) is 8.58. The van der Waals surface area contributed by atoms with E-state index < -0.39 is 10.0 Å². The van der Waals surface area contributed by atoms with Gasteiger partial charge in [0.05, 0.1) is 43.2 Å². The maximum Gasteiger partial charge on any atom is 0.260 e. The Hall–Kier alpha value is -3.15. The molecule has 3 aromatic rings. The number of nitrogens with zero attached hydrogens (tertiary/aromatic N) is 3. The van der Waals surface area contributed by atoms with Crippen molar-refractivity contribution in [3.05, 3.63) is 51.8 Å². The molecular formula is C23H26N4O6S. The van der Waals surface area contributed by atoms with E-state index >= 15 is 0 Å². The molecule has 0 unspecified atom stereocenters. The minimum absolute atomic E-state index is 0.270. The monoisotopic (exact) mass is 486 g/mol. The number of hydrogen-bond acceptors (Lipinski definition) is 8. The Balaban J connectivity index is 1.47. The van der Waals surface area contributed by atoms with Crippen LogP contribution in [-0.2, 0) is 27.7 Å². The largest absolute Gasteiger partial charge is 0.493 e. The highest BCUT2D eigenvalue weighted by Crippen LogP contribution is 2.31. The van der Waals surface area contributed by atoms with Crippen molar-refractivity contribution in [3.8, 4) is 11.5 Å². The van der Waals surface area contributed by atoms with E-state index in [0.29, 0.717) is 74.2 Å². The number of nitrogens with one attached hydrogen (secondary N) is 1. The third-order valence-corrected chi connectivity index (χ3v) is 8.19. The number of sulfonamides is 1. The lowest BCUT2D eigenvalue weighted by Gasteiger charge is -2.30. The normalized spacial score (nSPS) is 16.9. The average molecular weight is 487 g/mol. The summed E-state index contributed by atoms with van der Waals surface area (Å²) in [6.45, 7) is 2.57. The van der Waals surface area contributed by atoms with Crippen molar-refractivity contribution in [1.29, 1.82) is 0 Å². The van der Waals surface area contributed by atoms with Crippen LogP contribution in [0, 0.1) is 0 Å². The van der Waals surface area contributed by atoms with Crippen LogP contribution in [0.1, 0.15) is 11.1 Å². The van der Waals surface area contributed by atoms with Crippen molar-refractivity contribution < 1.29 is 22.6 Å². The van der Waals surface area contributed by atoms with Gasteiger partial charge in [-0.05, 0) is 35.7 Å². The van der Waals surface area contributed by atoms with Crippen LogP contribution in [-0.4, -0.2) is 69.8 Å². The van der Waals surface area contributed by atoms with Crippen molar-refractivity contribution in [2.75, 3.05) is 52.0 Å². The Morgan fingerprint density at radius 2 is 1.74 bits per heavy atom. The smallest absolute Gasteiger partial charge is 0.260 e. The summed E-state index contributed by atoms with van der Waals surface area (Å²) in [4.78, 5) is 22.5. The van der Waals surface area contributed by atoms with Gasteiger partial charge < -0.3 is 19.1 Å².